The van der Waals surface area contributed by atoms with Crippen LogP contribution in [0.4, 0.5) is 0 Å². The number of allylic oxidation sites excluding steroid dienone is 2. The first-order valence-electron chi connectivity index (χ1n) is 2.46. The fraction of sp³-hybridized carbons (Fsp3) is 0.500. The Labute approximate surface area is 43.6 Å². The smallest absolute Gasteiger partial charge is 0.0235 e. The molecule has 0 radical (unpaired) electrons. The van der Waals surface area contributed by atoms with Crippen LogP contribution >= 0.6 is 0 Å². The van der Waals surface area contributed by atoms with Gasteiger partial charge in [0.15, 0.2) is 0 Å². The van der Waals surface area contributed by atoms with Crippen molar-refractivity contribution in [1.29, 1.82) is 5.41 Å². The average molecular weight is 95.1 g/mol. The van der Waals surface area contributed by atoms with E-state index in [1.807, 2.05) is 0 Å². The minimum Gasteiger partial charge on any atom is -0.312 e. The maximum Gasteiger partial charge on any atom is 0.0235 e. The van der Waals surface area contributed by atoms with Crippen LogP contribution in [0.1, 0.15) is 13.3 Å². The summed E-state index contributed by atoms with van der Waals surface area (Å²) >= 11 is 0. The first kappa shape index (κ1) is 4.57. The summed E-state index contributed by atoms with van der Waals surface area (Å²) in [5, 5.41) is 6.88. The van der Waals surface area contributed by atoms with Gasteiger partial charge in [-0.3, -0.25) is 0 Å². The Bertz CT molecular complexity index is 115. The van der Waals surface area contributed by atoms with Gasteiger partial charge in [-0.15, -0.1) is 0 Å². The number of hydrogen-bond donors (Lipinski definition) is 1. The van der Waals surface area contributed by atoms with E-state index in [0.717, 1.165) is 6.42 Å². The topological polar surface area (TPSA) is 23.9 Å². The van der Waals surface area contributed by atoms with Gasteiger partial charge in [0.1, 0.15) is 0 Å². The maximum absolute atomic E-state index is 6.88. The van der Waals surface area contributed by atoms with Crippen molar-refractivity contribution < 1.29 is 0 Å². The maximum atomic E-state index is 6.88. The first-order valence-corrected chi connectivity index (χ1v) is 2.46. The molecule has 0 amide bonds. The molecule has 0 fully saturated rings. The predicted molar refractivity (Wildman–Crippen MR) is 30.6 cm³/mol. The van der Waals surface area contributed by atoms with Crippen molar-refractivity contribution in [2.24, 2.45) is 5.41 Å². The fourth-order valence-corrected chi connectivity index (χ4v) is 0.597. The lowest BCUT2D eigenvalue weighted by Crippen LogP contribution is -2.19. The third-order valence-corrected chi connectivity index (χ3v) is 1.39. The fourth-order valence-electron chi connectivity index (χ4n) is 0.597. The molecule has 0 saturated heterocycles. The van der Waals surface area contributed by atoms with Gasteiger partial charge in [-0.1, -0.05) is 19.1 Å². The molecule has 1 N–H and O–H groups in total. The van der Waals surface area contributed by atoms with E-state index in [1.54, 1.807) is 0 Å². The minimum absolute atomic E-state index is 0.125. The second kappa shape index (κ2) is 1.19. The molecular formula is C6H9N. The van der Waals surface area contributed by atoms with Crippen LogP contribution in [0.5, 0.6) is 0 Å². The minimum atomic E-state index is 0.125. The van der Waals surface area contributed by atoms with E-state index in [2.05, 4.69) is 19.1 Å². The molecule has 0 aromatic carbocycles. The summed E-state index contributed by atoms with van der Waals surface area (Å²) in [6.45, 7) is 2.06. The molecule has 1 aliphatic rings. The summed E-state index contributed by atoms with van der Waals surface area (Å²) in [6, 6.07) is 0. The molecule has 1 unspecified atom stereocenters. The summed E-state index contributed by atoms with van der Waals surface area (Å²) in [5.74, 6) is 0. The zero-order valence-electron chi connectivity index (χ0n) is 4.44. The number of hydrogen-bond acceptors (Lipinski definition) is 1. The Kier molecular flexibility index (Phi) is 0.775. The summed E-state index contributed by atoms with van der Waals surface area (Å²) in [5.41, 5.74) is 0.125. The average Bonchev–Trinajstić information content (AvgIpc) is 1.61. The van der Waals surface area contributed by atoms with Gasteiger partial charge >= 0.3 is 0 Å². The Morgan fingerprint density at radius 2 is 2.43 bits per heavy atom. The molecule has 1 rings (SSSR count). The third-order valence-electron chi connectivity index (χ3n) is 1.39. The summed E-state index contributed by atoms with van der Waals surface area (Å²) in [4.78, 5) is 0. The van der Waals surface area contributed by atoms with Gasteiger partial charge in [0.2, 0.25) is 0 Å². The second-order valence-electron chi connectivity index (χ2n) is 2.26. The summed E-state index contributed by atoms with van der Waals surface area (Å²) in [7, 11) is 0. The van der Waals surface area contributed by atoms with E-state index in [1.165, 1.54) is 6.21 Å². The van der Waals surface area contributed by atoms with Crippen LogP contribution in [0.15, 0.2) is 12.2 Å². The molecule has 0 heterocycles. The zero-order valence-corrected chi connectivity index (χ0v) is 4.44. The van der Waals surface area contributed by atoms with Gasteiger partial charge in [-0.2, -0.15) is 0 Å². The van der Waals surface area contributed by atoms with E-state index >= 15 is 0 Å². The highest BCUT2D eigenvalue weighted by atomic mass is 14.4. The largest absolute Gasteiger partial charge is 0.312 e. The van der Waals surface area contributed by atoms with Gasteiger partial charge in [0.05, 0.1) is 0 Å². The molecule has 0 aromatic heterocycles. The van der Waals surface area contributed by atoms with Gasteiger partial charge in [0, 0.05) is 11.6 Å². The first-order chi connectivity index (χ1) is 3.27. The standard InChI is InChI=1S/C6H9N/c1-6(5-7)3-2-4-6/h2-3,5,7H,4H2,1H3. The second-order valence-corrected chi connectivity index (χ2v) is 2.26. The highest BCUT2D eigenvalue weighted by Crippen LogP contribution is 2.29. The monoisotopic (exact) mass is 95.1 g/mol. The van der Waals surface area contributed by atoms with Crippen LogP contribution in [0, 0.1) is 10.8 Å². The number of rotatable bonds is 1. The molecule has 1 aliphatic carbocycles. The summed E-state index contributed by atoms with van der Waals surface area (Å²) in [6.07, 6.45) is 6.69. The highest BCUT2D eigenvalue weighted by molar-refractivity contribution is 5.67. The normalized spacial score (nSPS) is 37.3. The van der Waals surface area contributed by atoms with Crippen molar-refractivity contribution in [2.45, 2.75) is 13.3 Å². The van der Waals surface area contributed by atoms with Crippen molar-refractivity contribution >= 4 is 6.21 Å². The Hall–Kier alpha value is -0.590. The van der Waals surface area contributed by atoms with Crippen LogP contribution in [0.25, 0.3) is 0 Å². The van der Waals surface area contributed by atoms with Crippen molar-refractivity contribution in [3.05, 3.63) is 12.2 Å². The highest BCUT2D eigenvalue weighted by Gasteiger charge is 2.21. The van der Waals surface area contributed by atoms with Gasteiger partial charge < -0.3 is 5.41 Å². The van der Waals surface area contributed by atoms with E-state index in [0.29, 0.717) is 0 Å². The molecule has 0 aliphatic heterocycles. The molecule has 1 atom stereocenters. The van der Waals surface area contributed by atoms with Crippen LogP contribution in [-0.4, -0.2) is 6.21 Å². The molecule has 0 bridgehead atoms. The van der Waals surface area contributed by atoms with Crippen LogP contribution in [0.2, 0.25) is 0 Å². The van der Waals surface area contributed by atoms with E-state index < -0.39 is 0 Å². The van der Waals surface area contributed by atoms with Gasteiger partial charge in [0.25, 0.3) is 0 Å². The lowest BCUT2D eigenvalue weighted by atomic mass is 9.80. The Balaban J connectivity index is 2.64. The van der Waals surface area contributed by atoms with E-state index in [-0.39, 0.29) is 5.41 Å². The van der Waals surface area contributed by atoms with E-state index in [4.69, 9.17) is 5.41 Å². The third kappa shape index (κ3) is 0.581. The van der Waals surface area contributed by atoms with Crippen LogP contribution < -0.4 is 0 Å². The predicted octanol–water partition coefficient (Wildman–Crippen LogP) is 1.60. The molecule has 7 heavy (non-hydrogen) atoms. The van der Waals surface area contributed by atoms with Crippen LogP contribution in [0.3, 0.4) is 0 Å². The Morgan fingerprint density at radius 3 is 2.43 bits per heavy atom. The van der Waals surface area contributed by atoms with E-state index in [9.17, 15) is 0 Å². The molecule has 0 spiro atoms. The van der Waals surface area contributed by atoms with Crippen molar-refractivity contribution in [3.63, 3.8) is 0 Å². The lowest BCUT2D eigenvalue weighted by molar-refractivity contribution is 0.564. The van der Waals surface area contributed by atoms with Crippen molar-refractivity contribution in [2.75, 3.05) is 0 Å². The van der Waals surface area contributed by atoms with Crippen molar-refractivity contribution in [1.82, 2.24) is 0 Å². The van der Waals surface area contributed by atoms with Crippen molar-refractivity contribution in [3.8, 4) is 0 Å². The quantitative estimate of drug-likeness (QED) is 0.378. The molecule has 1 nitrogen and oxygen atoms in total. The Morgan fingerprint density at radius 1 is 1.86 bits per heavy atom. The molecule has 0 aromatic rings. The molecule has 1 heteroatoms. The number of nitrogens with one attached hydrogen (secondary N) is 1. The van der Waals surface area contributed by atoms with Gasteiger partial charge in [-0.25, -0.2) is 0 Å². The molecule has 0 saturated carbocycles. The lowest BCUT2D eigenvalue weighted by Gasteiger charge is -2.25. The zero-order chi connectivity index (χ0) is 5.33. The van der Waals surface area contributed by atoms with Crippen LogP contribution in [-0.2, 0) is 0 Å². The van der Waals surface area contributed by atoms with Gasteiger partial charge in [-0.05, 0) is 6.42 Å². The summed E-state index contributed by atoms with van der Waals surface area (Å²) < 4.78 is 0. The molecule has 38 valence electrons. The SMILES string of the molecule is CC1(C=N)C=CC1. The molecular weight excluding hydrogens is 86.1 g/mol.